The Labute approximate surface area is 125 Å². The first-order chi connectivity index (χ1) is 10.3. The molecule has 0 unspecified atom stereocenters. The van der Waals surface area contributed by atoms with Gasteiger partial charge in [-0.15, -0.1) is 0 Å². The van der Waals surface area contributed by atoms with Crippen molar-refractivity contribution in [3.05, 3.63) is 30.1 Å². The van der Waals surface area contributed by atoms with Gasteiger partial charge in [0.05, 0.1) is 12.7 Å². The van der Waals surface area contributed by atoms with E-state index >= 15 is 0 Å². The highest BCUT2D eigenvalue weighted by molar-refractivity contribution is 5.76. The lowest BCUT2D eigenvalue weighted by molar-refractivity contribution is -0.129. The van der Waals surface area contributed by atoms with E-state index in [4.69, 9.17) is 9.47 Å². The molecular weight excluding hydrogens is 268 g/mol. The second-order valence-electron chi connectivity index (χ2n) is 5.86. The number of hydrogen-bond acceptors (Lipinski definition) is 4. The largest absolute Gasteiger partial charge is 0.384 e. The maximum Gasteiger partial charge on any atom is 0.220 e. The van der Waals surface area contributed by atoms with E-state index in [1.165, 1.54) is 0 Å². The lowest BCUT2D eigenvalue weighted by Gasteiger charge is -2.47. The molecule has 2 fully saturated rings. The molecule has 4 atom stereocenters. The summed E-state index contributed by atoms with van der Waals surface area (Å²) in [5, 5.41) is 3.17. The van der Waals surface area contributed by atoms with Crippen molar-refractivity contribution in [2.45, 2.75) is 31.4 Å². The molecule has 5 nitrogen and oxygen atoms in total. The van der Waals surface area contributed by atoms with E-state index < -0.39 is 0 Å². The second kappa shape index (κ2) is 6.54. The number of aryl methyl sites for hydroxylation is 1. The number of ether oxygens (including phenoxy) is 2. The van der Waals surface area contributed by atoms with Gasteiger partial charge < -0.3 is 14.8 Å². The Balaban J connectivity index is 1.50. The van der Waals surface area contributed by atoms with Crippen molar-refractivity contribution in [2.24, 2.45) is 11.8 Å². The van der Waals surface area contributed by atoms with Crippen molar-refractivity contribution in [3.63, 3.8) is 0 Å². The van der Waals surface area contributed by atoms with Gasteiger partial charge in [0.25, 0.3) is 0 Å². The van der Waals surface area contributed by atoms with Crippen LogP contribution in [0.2, 0.25) is 0 Å². The third-order valence-corrected chi connectivity index (χ3v) is 4.58. The van der Waals surface area contributed by atoms with E-state index in [0.717, 1.165) is 25.0 Å². The smallest absolute Gasteiger partial charge is 0.220 e. The fourth-order valence-electron chi connectivity index (χ4n) is 3.50. The first kappa shape index (κ1) is 14.5. The molecule has 0 bridgehead atoms. The Morgan fingerprint density at radius 1 is 1.57 bits per heavy atom. The zero-order valence-corrected chi connectivity index (χ0v) is 12.3. The number of methoxy groups -OCH3 is 1. The van der Waals surface area contributed by atoms with Gasteiger partial charge in [-0.05, 0) is 24.5 Å². The highest BCUT2D eigenvalue weighted by Crippen LogP contribution is 2.43. The summed E-state index contributed by atoms with van der Waals surface area (Å²) in [4.78, 5) is 16.2. The first-order valence-electron chi connectivity index (χ1n) is 7.58. The number of nitrogens with zero attached hydrogens (tertiary/aromatic N) is 1. The van der Waals surface area contributed by atoms with E-state index in [1.54, 1.807) is 13.3 Å². The SMILES string of the molecule is COC[C@H]1[C@@H](NC(=O)CCc2cccnc2)[C@@H]2CCO[C@@H]21. The van der Waals surface area contributed by atoms with E-state index in [2.05, 4.69) is 10.3 Å². The Kier molecular flexibility index (Phi) is 4.51. The lowest BCUT2D eigenvalue weighted by atomic mass is 9.67. The highest BCUT2D eigenvalue weighted by atomic mass is 16.5. The molecule has 0 spiro atoms. The van der Waals surface area contributed by atoms with Gasteiger partial charge in [0.2, 0.25) is 5.91 Å². The number of carbonyl (C=O) groups excluding carboxylic acids is 1. The molecule has 0 aromatic carbocycles. The minimum Gasteiger partial charge on any atom is -0.384 e. The van der Waals surface area contributed by atoms with Crippen molar-refractivity contribution in [1.29, 1.82) is 0 Å². The number of pyridine rings is 1. The molecule has 1 N–H and O–H groups in total. The molecule has 1 amide bonds. The summed E-state index contributed by atoms with van der Waals surface area (Å²) in [7, 11) is 1.70. The number of nitrogens with one attached hydrogen (secondary N) is 1. The van der Waals surface area contributed by atoms with Crippen molar-refractivity contribution < 1.29 is 14.3 Å². The van der Waals surface area contributed by atoms with E-state index in [-0.39, 0.29) is 18.1 Å². The number of rotatable bonds is 6. The summed E-state index contributed by atoms with van der Waals surface area (Å²) in [5.74, 6) is 0.868. The molecule has 3 rings (SSSR count). The molecule has 1 aromatic rings. The molecule has 2 aliphatic rings. The summed E-state index contributed by atoms with van der Waals surface area (Å²) in [6.07, 6.45) is 6.09. The van der Waals surface area contributed by atoms with Crippen LogP contribution in [0.25, 0.3) is 0 Å². The van der Waals surface area contributed by atoms with Crippen LogP contribution in [-0.4, -0.2) is 43.4 Å². The molecule has 0 radical (unpaired) electrons. The molecule has 1 aliphatic carbocycles. The Hall–Kier alpha value is -1.46. The fourth-order valence-corrected chi connectivity index (χ4v) is 3.50. The number of amides is 1. The number of hydrogen-bond donors (Lipinski definition) is 1. The highest BCUT2D eigenvalue weighted by Gasteiger charge is 2.54. The minimum absolute atomic E-state index is 0.107. The van der Waals surface area contributed by atoms with Crippen molar-refractivity contribution in [2.75, 3.05) is 20.3 Å². The quantitative estimate of drug-likeness (QED) is 0.854. The predicted molar refractivity (Wildman–Crippen MR) is 77.7 cm³/mol. The van der Waals surface area contributed by atoms with E-state index in [0.29, 0.717) is 24.9 Å². The Bertz CT molecular complexity index is 480. The topological polar surface area (TPSA) is 60.5 Å². The monoisotopic (exact) mass is 290 g/mol. The molecular formula is C16H22N2O3. The summed E-state index contributed by atoms with van der Waals surface area (Å²) in [5.41, 5.74) is 1.09. The van der Waals surface area contributed by atoms with Crippen LogP contribution in [-0.2, 0) is 20.7 Å². The van der Waals surface area contributed by atoms with Crippen LogP contribution in [0.5, 0.6) is 0 Å². The number of carbonyl (C=O) groups is 1. The molecule has 2 heterocycles. The van der Waals surface area contributed by atoms with Crippen LogP contribution in [0.1, 0.15) is 18.4 Å². The Morgan fingerprint density at radius 2 is 2.48 bits per heavy atom. The van der Waals surface area contributed by atoms with Crippen LogP contribution in [0, 0.1) is 11.8 Å². The van der Waals surface area contributed by atoms with Gasteiger partial charge in [-0.1, -0.05) is 6.07 Å². The van der Waals surface area contributed by atoms with Gasteiger partial charge in [0.1, 0.15) is 0 Å². The van der Waals surface area contributed by atoms with E-state index in [1.807, 2.05) is 18.3 Å². The van der Waals surface area contributed by atoms with Gasteiger partial charge in [-0.3, -0.25) is 9.78 Å². The average Bonchev–Trinajstić information content (AvgIpc) is 2.94. The summed E-state index contributed by atoms with van der Waals surface area (Å²) < 4.78 is 11.0. The summed E-state index contributed by atoms with van der Waals surface area (Å²) in [6, 6.07) is 4.10. The maximum atomic E-state index is 12.1. The predicted octanol–water partition coefficient (Wildman–Crippen LogP) is 1.18. The third-order valence-electron chi connectivity index (χ3n) is 4.58. The zero-order valence-electron chi connectivity index (χ0n) is 12.3. The first-order valence-corrected chi connectivity index (χ1v) is 7.58. The van der Waals surface area contributed by atoms with Crippen molar-refractivity contribution in [1.82, 2.24) is 10.3 Å². The zero-order chi connectivity index (χ0) is 14.7. The normalized spacial score (nSPS) is 30.5. The van der Waals surface area contributed by atoms with Crippen LogP contribution in [0.15, 0.2) is 24.5 Å². The standard InChI is InChI=1S/C16H22N2O3/c1-20-10-13-15(12-6-8-21-16(12)13)18-14(19)5-4-11-3-2-7-17-9-11/h2-3,7,9,12-13,15-16H,4-6,8,10H2,1H3,(H,18,19)/t12-,13-,15-,16-/m0/s1. The van der Waals surface area contributed by atoms with Crippen LogP contribution >= 0.6 is 0 Å². The average molecular weight is 290 g/mol. The molecule has 1 aromatic heterocycles. The maximum absolute atomic E-state index is 12.1. The van der Waals surface area contributed by atoms with Crippen molar-refractivity contribution in [3.8, 4) is 0 Å². The number of fused-ring (bicyclic) bond motifs is 1. The minimum atomic E-state index is 0.107. The molecule has 114 valence electrons. The fraction of sp³-hybridized carbons (Fsp3) is 0.625. The lowest BCUT2D eigenvalue weighted by Crippen LogP contribution is -2.62. The van der Waals surface area contributed by atoms with Gasteiger partial charge in [-0.2, -0.15) is 0 Å². The molecule has 1 saturated carbocycles. The van der Waals surface area contributed by atoms with E-state index in [9.17, 15) is 4.79 Å². The molecule has 21 heavy (non-hydrogen) atoms. The van der Waals surface area contributed by atoms with Crippen molar-refractivity contribution >= 4 is 5.91 Å². The van der Waals surface area contributed by atoms with Gasteiger partial charge in [0.15, 0.2) is 0 Å². The van der Waals surface area contributed by atoms with Crippen LogP contribution in [0.3, 0.4) is 0 Å². The molecule has 1 saturated heterocycles. The number of aromatic nitrogens is 1. The van der Waals surface area contributed by atoms with Gasteiger partial charge >= 0.3 is 0 Å². The molecule has 5 heteroatoms. The molecule has 1 aliphatic heterocycles. The Morgan fingerprint density at radius 3 is 3.24 bits per heavy atom. The van der Waals surface area contributed by atoms with Crippen LogP contribution < -0.4 is 5.32 Å². The second-order valence-corrected chi connectivity index (χ2v) is 5.86. The summed E-state index contributed by atoms with van der Waals surface area (Å²) in [6.45, 7) is 1.45. The summed E-state index contributed by atoms with van der Waals surface area (Å²) >= 11 is 0. The van der Waals surface area contributed by atoms with Gasteiger partial charge in [-0.25, -0.2) is 0 Å². The van der Waals surface area contributed by atoms with Gasteiger partial charge in [0, 0.05) is 50.4 Å². The third kappa shape index (κ3) is 3.09. The van der Waals surface area contributed by atoms with Crippen LogP contribution in [0.4, 0.5) is 0 Å².